The van der Waals surface area contributed by atoms with Crippen molar-refractivity contribution in [1.82, 2.24) is 15.5 Å². The van der Waals surface area contributed by atoms with Crippen LogP contribution in [0.3, 0.4) is 0 Å². The molecule has 3 atom stereocenters. The molecule has 9 heteroatoms. The molecule has 3 unspecified atom stereocenters. The van der Waals surface area contributed by atoms with Crippen LogP contribution in [0.2, 0.25) is 0 Å². The van der Waals surface area contributed by atoms with Crippen molar-refractivity contribution in [2.45, 2.75) is 96.2 Å². The van der Waals surface area contributed by atoms with E-state index in [0.717, 1.165) is 31.2 Å². The lowest BCUT2D eigenvalue weighted by atomic mass is 9.82. The highest BCUT2D eigenvalue weighted by molar-refractivity contribution is 6.07. The third-order valence-corrected chi connectivity index (χ3v) is 7.45. The molecule has 1 heterocycles. The van der Waals surface area contributed by atoms with Crippen LogP contribution in [-0.4, -0.2) is 52.5 Å². The molecule has 204 valence electrons. The second-order valence-electron chi connectivity index (χ2n) is 11.0. The van der Waals surface area contributed by atoms with Crippen LogP contribution in [0.15, 0.2) is 35.3 Å². The van der Waals surface area contributed by atoms with Crippen molar-refractivity contribution in [2.75, 3.05) is 6.54 Å². The fourth-order valence-corrected chi connectivity index (χ4v) is 5.70. The molecule has 0 radical (unpaired) electrons. The van der Waals surface area contributed by atoms with Gasteiger partial charge in [0.1, 0.15) is 6.04 Å². The molecule has 3 rings (SSSR count). The molecule has 0 bridgehead atoms. The molecule has 0 saturated heterocycles. The Kier molecular flexibility index (Phi) is 9.94. The quantitative estimate of drug-likeness (QED) is 0.335. The van der Waals surface area contributed by atoms with Crippen LogP contribution in [0.5, 0.6) is 0 Å². The van der Waals surface area contributed by atoms with E-state index in [9.17, 15) is 19.5 Å². The van der Waals surface area contributed by atoms with E-state index in [2.05, 4.69) is 29.5 Å². The Morgan fingerprint density at radius 1 is 1.14 bits per heavy atom. The molecule has 1 aliphatic carbocycles. The zero-order valence-electron chi connectivity index (χ0n) is 22.4. The second kappa shape index (κ2) is 12.9. The van der Waals surface area contributed by atoms with Crippen LogP contribution in [0, 0.1) is 11.8 Å². The van der Waals surface area contributed by atoms with Gasteiger partial charge in [-0.1, -0.05) is 76.3 Å². The van der Waals surface area contributed by atoms with E-state index in [1.165, 1.54) is 6.42 Å². The summed E-state index contributed by atoms with van der Waals surface area (Å²) in [5, 5.41) is 14.6. The molecule has 5 N–H and O–H groups in total. The molecule has 1 aromatic carbocycles. The Balaban J connectivity index is 1.56. The fraction of sp³-hybridized carbons (Fsp3) is 0.643. The summed E-state index contributed by atoms with van der Waals surface area (Å²) in [5.41, 5.74) is 6.09. The van der Waals surface area contributed by atoms with Crippen molar-refractivity contribution < 1.29 is 19.5 Å². The summed E-state index contributed by atoms with van der Waals surface area (Å²) in [6.07, 6.45) is 6.69. The number of guanidine groups is 1. The highest BCUT2D eigenvalue weighted by Crippen LogP contribution is 2.38. The van der Waals surface area contributed by atoms with E-state index in [4.69, 9.17) is 5.73 Å². The summed E-state index contributed by atoms with van der Waals surface area (Å²) >= 11 is 0. The van der Waals surface area contributed by atoms with E-state index in [-0.39, 0.29) is 29.7 Å². The predicted molar refractivity (Wildman–Crippen MR) is 144 cm³/mol. The monoisotopic (exact) mass is 513 g/mol. The van der Waals surface area contributed by atoms with Gasteiger partial charge in [0.15, 0.2) is 11.5 Å². The van der Waals surface area contributed by atoms with Crippen LogP contribution in [-0.2, 0) is 15.1 Å². The van der Waals surface area contributed by atoms with Crippen LogP contribution in [0.25, 0.3) is 0 Å². The number of nitrogens with two attached hydrogens (primary N) is 1. The smallest absolute Gasteiger partial charge is 0.405 e. The molecule has 9 nitrogen and oxygen atoms in total. The number of rotatable bonds is 12. The van der Waals surface area contributed by atoms with Crippen molar-refractivity contribution in [1.29, 1.82) is 0 Å². The molecule has 0 spiro atoms. The molecule has 1 saturated carbocycles. The number of amides is 3. The molecule has 1 aliphatic heterocycles. The highest BCUT2D eigenvalue weighted by atomic mass is 16.4. The first-order valence-corrected chi connectivity index (χ1v) is 13.6. The summed E-state index contributed by atoms with van der Waals surface area (Å²) in [5.74, 6) is 0.436. The van der Waals surface area contributed by atoms with Crippen LogP contribution in [0.1, 0.15) is 84.1 Å². The largest absolute Gasteiger partial charge is 0.465 e. The van der Waals surface area contributed by atoms with Crippen molar-refractivity contribution >= 4 is 23.9 Å². The Labute approximate surface area is 220 Å². The number of aliphatic imine (C=N–C) groups is 1. The maximum Gasteiger partial charge on any atom is 0.405 e. The molecule has 1 aromatic rings. The minimum Gasteiger partial charge on any atom is -0.465 e. The SMILES string of the molecule is CC(C)CC1(c2ccccc2)N=C(N)N(CCCC(C)NC(=O)C(CC2CCCCC2)NC(=O)O)C1=O. The number of nitrogens with zero attached hydrogens (tertiary/aromatic N) is 2. The number of carboxylic acid groups (broad SMARTS) is 1. The minimum absolute atomic E-state index is 0.111. The van der Waals surface area contributed by atoms with Gasteiger partial charge >= 0.3 is 6.09 Å². The molecular formula is C28H43N5O4. The fourth-order valence-electron chi connectivity index (χ4n) is 5.70. The van der Waals surface area contributed by atoms with Crippen molar-refractivity contribution in [3.05, 3.63) is 35.9 Å². The van der Waals surface area contributed by atoms with Crippen molar-refractivity contribution in [2.24, 2.45) is 22.6 Å². The Bertz CT molecular complexity index is 961. The van der Waals surface area contributed by atoms with Gasteiger partial charge in [-0.3, -0.25) is 14.5 Å². The van der Waals surface area contributed by atoms with E-state index >= 15 is 0 Å². The lowest BCUT2D eigenvalue weighted by molar-refractivity contribution is -0.132. The first-order valence-electron chi connectivity index (χ1n) is 13.6. The van der Waals surface area contributed by atoms with Crippen LogP contribution >= 0.6 is 0 Å². The third-order valence-electron chi connectivity index (χ3n) is 7.45. The van der Waals surface area contributed by atoms with E-state index in [0.29, 0.717) is 38.1 Å². The zero-order valence-corrected chi connectivity index (χ0v) is 22.4. The highest BCUT2D eigenvalue weighted by Gasteiger charge is 2.49. The normalized spacial score (nSPS) is 22.0. The lowest BCUT2D eigenvalue weighted by Crippen LogP contribution is -2.49. The number of hydrogen-bond donors (Lipinski definition) is 4. The molecule has 37 heavy (non-hydrogen) atoms. The topological polar surface area (TPSA) is 137 Å². The molecular weight excluding hydrogens is 470 g/mol. The van der Waals surface area contributed by atoms with Gasteiger partial charge < -0.3 is 21.5 Å². The van der Waals surface area contributed by atoms with Crippen LogP contribution in [0.4, 0.5) is 4.79 Å². The maximum atomic E-state index is 13.6. The second-order valence-corrected chi connectivity index (χ2v) is 11.0. The van der Waals surface area contributed by atoms with Gasteiger partial charge in [0.25, 0.3) is 5.91 Å². The number of carbonyl (C=O) groups is 3. The lowest BCUT2D eigenvalue weighted by Gasteiger charge is -2.28. The summed E-state index contributed by atoms with van der Waals surface area (Å²) in [7, 11) is 0. The summed E-state index contributed by atoms with van der Waals surface area (Å²) in [6, 6.07) is 8.64. The van der Waals surface area contributed by atoms with E-state index in [1.807, 2.05) is 37.3 Å². The Morgan fingerprint density at radius 2 is 1.81 bits per heavy atom. The summed E-state index contributed by atoms with van der Waals surface area (Å²) in [6.45, 7) is 6.43. The average molecular weight is 514 g/mol. The minimum atomic E-state index is -1.19. The first kappa shape index (κ1) is 28.5. The summed E-state index contributed by atoms with van der Waals surface area (Å²) in [4.78, 5) is 44.0. The van der Waals surface area contributed by atoms with Gasteiger partial charge in [0, 0.05) is 12.6 Å². The Hall–Kier alpha value is -3.10. The van der Waals surface area contributed by atoms with Gasteiger partial charge in [-0.2, -0.15) is 0 Å². The number of benzene rings is 1. The number of carbonyl (C=O) groups excluding carboxylic acids is 2. The predicted octanol–water partition coefficient (Wildman–Crippen LogP) is 3.98. The first-order chi connectivity index (χ1) is 17.6. The molecule has 1 fully saturated rings. The summed E-state index contributed by atoms with van der Waals surface area (Å²) < 4.78 is 0. The zero-order chi connectivity index (χ0) is 27.0. The number of hydrogen-bond acceptors (Lipinski definition) is 5. The van der Waals surface area contributed by atoms with Gasteiger partial charge in [-0.15, -0.1) is 0 Å². The number of nitrogens with one attached hydrogen (secondary N) is 2. The average Bonchev–Trinajstić information content (AvgIpc) is 3.09. The van der Waals surface area contributed by atoms with Gasteiger partial charge in [0.2, 0.25) is 5.91 Å². The van der Waals surface area contributed by atoms with Crippen molar-refractivity contribution in [3.63, 3.8) is 0 Å². The third kappa shape index (κ3) is 7.46. The molecule has 0 aromatic heterocycles. The molecule has 2 aliphatic rings. The molecule has 3 amide bonds. The maximum absolute atomic E-state index is 13.6. The van der Waals surface area contributed by atoms with Crippen LogP contribution < -0.4 is 16.4 Å². The van der Waals surface area contributed by atoms with Crippen molar-refractivity contribution in [3.8, 4) is 0 Å². The standard InChI is InChI=1S/C28H43N5O4/c1-19(2)18-28(22-14-8-5-9-15-22)25(35)33(26(29)32-28)16-10-11-20(3)30-24(34)23(31-27(36)37)17-21-12-6-4-7-13-21/h5,8-9,14-15,19-21,23,31H,4,6-7,10-13,16-18H2,1-3H3,(H2,29,32)(H,30,34)(H,36,37). The van der Waals surface area contributed by atoms with E-state index in [1.54, 1.807) is 4.90 Å². The Morgan fingerprint density at radius 3 is 2.43 bits per heavy atom. The van der Waals surface area contributed by atoms with Gasteiger partial charge in [0.05, 0.1) is 0 Å². The van der Waals surface area contributed by atoms with Gasteiger partial charge in [-0.05, 0) is 50.0 Å². The van der Waals surface area contributed by atoms with Gasteiger partial charge in [-0.25, -0.2) is 9.79 Å². The van der Waals surface area contributed by atoms with E-state index < -0.39 is 17.7 Å².